The highest BCUT2D eigenvalue weighted by Gasteiger charge is 2.15. The Hall–Kier alpha value is -2.55. The van der Waals surface area contributed by atoms with E-state index >= 15 is 0 Å². The fourth-order valence-corrected chi connectivity index (χ4v) is 4.49. The van der Waals surface area contributed by atoms with E-state index in [-0.39, 0.29) is 25.1 Å². The van der Waals surface area contributed by atoms with Crippen molar-refractivity contribution in [3.05, 3.63) is 69.8 Å². The van der Waals surface area contributed by atoms with E-state index in [1.54, 1.807) is 0 Å². The number of hydrogen-bond donors (Lipinski definition) is 1. The molecule has 0 spiro atoms. The molecule has 1 N–H and O–H groups in total. The number of amides is 1. The molecule has 2 aromatic heterocycles. The summed E-state index contributed by atoms with van der Waals surface area (Å²) in [6.45, 7) is 0.683. The van der Waals surface area contributed by atoms with Gasteiger partial charge >= 0.3 is 0 Å². The summed E-state index contributed by atoms with van der Waals surface area (Å²) in [6, 6.07) is 13.7. The van der Waals surface area contributed by atoms with Crippen LogP contribution >= 0.6 is 39.7 Å². The highest BCUT2D eigenvalue weighted by atomic mass is 79.9. The van der Waals surface area contributed by atoms with Gasteiger partial charge in [-0.05, 0) is 29.8 Å². The predicted octanol–water partition coefficient (Wildman–Crippen LogP) is 4.83. The van der Waals surface area contributed by atoms with Gasteiger partial charge in [0.05, 0.1) is 12.1 Å². The zero-order valence-electron chi connectivity index (χ0n) is 15.6. The van der Waals surface area contributed by atoms with Gasteiger partial charge < -0.3 is 14.8 Å². The molecule has 9 heteroatoms. The van der Waals surface area contributed by atoms with E-state index in [9.17, 15) is 4.79 Å². The lowest BCUT2D eigenvalue weighted by molar-refractivity contribution is -0.120. The molecule has 0 unspecified atom stereocenters. The Morgan fingerprint density at radius 1 is 1.20 bits per heavy atom. The van der Waals surface area contributed by atoms with Crippen LogP contribution in [0.25, 0.3) is 16.2 Å². The average molecular weight is 507 g/mol. The lowest BCUT2D eigenvalue weighted by Crippen LogP contribution is -2.24. The Morgan fingerprint density at radius 3 is 2.93 bits per heavy atom. The summed E-state index contributed by atoms with van der Waals surface area (Å²) >= 11 is 5.03. The third kappa shape index (κ3) is 4.16. The van der Waals surface area contributed by atoms with E-state index in [0.29, 0.717) is 13.0 Å². The van der Waals surface area contributed by atoms with E-state index in [4.69, 9.17) is 9.47 Å². The number of hydrogen-bond acceptors (Lipinski definition) is 5. The van der Waals surface area contributed by atoms with Crippen LogP contribution in [0.4, 0.5) is 0 Å². The first-order chi connectivity index (χ1) is 14.2. The third-order valence-corrected chi connectivity index (χ3v) is 6.05. The molecule has 1 amide bonds. The molecule has 154 valence electrons. The van der Waals surface area contributed by atoms with Gasteiger partial charge in [-0.2, -0.15) is 0 Å². The number of benzene rings is 2. The molecule has 1 aliphatic rings. The Morgan fingerprint density at radius 2 is 2.07 bits per heavy atom. The van der Waals surface area contributed by atoms with Crippen LogP contribution < -0.4 is 14.8 Å². The van der Waals surface area contributed by atoms with Gasteiger partial charge in [0, 0.05) is 33.9 Å². The maximum Gasteiger partial charge on any atom is 0.231 e. The number of ether oxygens (including phenoxy) is 2. The SMILES string of the molecule is Cl.O=C(Cc1csc2nc(-c3cccc(Br)c3)cn12)NCc1ccc2c(c1)OCO2. The Balaban J connectivity index is 0.00000218. The highest BCUT2D eigenvalue weighted by molar-refractivity contribution is 9.10. The van der Waals surface area contributed by atoms with Gasteiger partial charge in [0.1, 0.15) is 0 Å². The summed E-state index contributed by atoms with van der Waals surface area (Å²) in [5.41, 5.74) is 3.81. The van der Waals surface area contributed by atoms with E-state index in [0.717, 1.165) is 43.4 Å². The summed E-state index contributed by atoms with van der Waals surface area (Å²) in [5.74, 6) is 1.41. The average Bonchev–Trinajstić information content (AvgIpc) is 3.43. The lowest BCUT2D eigenvalue weighted by Gasteiger charge is -2.06. The number of nitrogens with zero attached hydrogens (tertiary/aromatic N) is 2. The fourth-order valence-electron chi connectivity index (χ4n) is 3.22. The van der Waals surface area contributed by atoms with Gasteiger partial charge in [-0.25, -0.2) is 4.98 Å². The fraction of sp³-hybridized carbons (Fsp3) is 0.143. The summed E-state index contributed by atoms with van der Waals surface area (Å²) in [6.07, 6.45) is 2.27. The van der Waals surface area contributed by atoms with Crippen LogP contribution in [0.15, 0.2) is 58.5 Å². The van der Waals surface area contributed by atoms with Crippen LogP contribution in [-0.4, -0.2) is 22.1 Å². The second kappa shape index (κ2) is 8.67. The molecule has 0 radical (unpaired) electrons. The highest BCUT2D eigenvalue weighted by Crippen LogP contribution is 2.32. The molecular formula is C21H17BrClN3O3S. The van der Waals surface area contributed by atoms with Crippen molar-refractivity contribution in [3.63, 3.8) is 0 Å². The molecular weight excluding hydrogens is 490 g/mol. The molecule has 0 fully saturated rings. The van der Waals surface area contributed by atoms with Crippen molar-refractivity contribution in [3.8, 4) is 22.8 Å². The number of nitrogens with one attached hydrogen (secondary N) is 1. The van der Waals surface area contributed by atoms with Crippen LogP contribution in [0, 0.1) is 0 Å². The number of thiazole rings is 1. The Bertz CT molecular complexity index is 1220. The summed E-state index contributed by atoms with van der Waals surface area (Å²) in [4.78, 5) is 18.0. The number of carbonyl (C=O) groups is 1. The smallest absolute Gasteiger partial charge is 0.231 e. The monoisotopic (exact) mass is 505 g/mol. The van der Waals surface area contributed by atoms with Crippen molar-refractivity contribution >= 4 is 50.5 Å². The maximum absolute atomic E-state index is 12.5. The van der Waals surface area contributed by atoms with Crippen molar-refractivity contribution in [2.45, 2.75) is 13.0 Å². The summed E-state index contributed by atoms with van der Waals surface area (Å²) in [7, 11) is 0. The normalized spacial score (nSPS) is 12.0. The first kappa shape index (κ1) is 20.7. The zero-order valence-corrected chi connectivity index (χ0v) is 18.9. The van der Waals surface area contributed by atoms with E-state index in [1.807, 2.05) is 58.4 Å². The maximum atomic E-state index is 12.5. The number of imidazole rings is 1. The molecule has 2 aromatic carbocycles. The molecule has 4 aromatic rings. The summed E-state index contributed by atoms with van der Waals surface area (Å²) < 4.78 is 13.7. The van der Waals surface area contributed by atoms with Crippen molar-refractivity contribution in [2.24, 2.45) is 0 Å². The van der Waals surface area contributed by atoms with Gasteiger partial charge in [-0.1, -0.05) is 34.1 Å². The zero-order chi connectivity index (χ0) is 19.8. The molecule has 3 heterocycles. The van der Waals surface area contributed by atoms with Crippen molar-refractivity contribution < 1.29 is 14.3 Å². The molecule has 0 aliphatic carbocycles. The van der Waals surface area contributed by atoms with Crippen LogP contribution in [-0.2, 0) is 17.8 Å². The Kier molecular flexibility index (Phi) is 5.99. The minimum absolute atomic E-state index is 0. The van der Waals surface area contributed by atoms with Gasteiger partial charge in [0.15, 0.2) is 16.5 Å². The second-order valence-corrected chi connectivity index (χ2v) is 8.41. The molecule has 0 saturated heterocycles. The molecule has 0 atom stereocenters. The molecule has 0 saturated carbocycles. The van der Waals surface area contributed by atoms with E-state index < -0.39 is 0 Å². The second-order valence-electron chi connectivity index (χ2n) is 6.66. The third-order valence-electron chi connectivity index (χ3n) is 4.67. The molecule has 1 aliphatic heterocycles. The standard InChI is InChI=1S/C21H16BrN3O3S.ClH/c22-15-3-1-2-14(7-15)17-10-25-16(11-29-21(25)24-17)8-20(26)23-9-13-4-5-18-19(6-13)28-12-27-18;/h1-7,10-11H,8-9,12H2,(H,23,26);1H. The van der Waals surface area contributed by atoms with Gasteiger partial charge in [-0.3, -0.25) is 9.20 Å². The van der Waals surface area contributed by atoms with Crippen LogP contribution in [0.2, 0.25) is 0 Å². The van der Waals surface area contributed by atoms with Crippen molar-refractivity contribution in [1.82, 2.24) is 14.7 Å². The van der Waals surface area contributed by atoms with Crippen LogP contribution in [0.5, 0.6) is 11.5 Å². The number of fused-ring (bicyclic) bond motifs is 2. The quantitative estimate of drug-likeness (QED) is 0.421. The first-order valence-electron chi connectivity index (χ1n) is 9.02. The number of carbonyl (C=O) groups excluding carboxylic acids is 1. The Labute approximate surface area is 191 Å². The van der Waals surface area contributed by atoms with Crippen molar-refractivity contribution in [2.75, 3.05) is 6.79 Å². The van der Waals surface area contributed by atoms with Gasteiger partial charge in [0.25, 0.3) is 0 Å². The summed E-state index contributed by atoms with van der Waals surface area (Å²) in [5, 5.41) is 4.95. The van der Waals surface area contributed by atoms with Crippen molar-refractivity contribution in [1.29, 1.82) is 0 Å². The minimum atomic E-state index is -0.0416. The molecule has 0 bridgehead atoms. The molecule has 30 heavy (non-hydrogen) atoms. The number of halogens is 2. The number of aromatic nitrogens is 2. The minimum Gasteiger partial charge on any atom is -0.454 e. The topological polar surface area (TPSA) is 64.9 Å². The van der Waals surface area contributed by atoms with Gasteiger partial charge in [-0.15, -0.1) is 23.7 Å². The van der Waals surface area contributed by atoms with Crippen LogP contribution in [0.3, 0.4) is 0 Å². The van der Waals surface area contributed by atoms with E-state index in [1.165, 1.54) is 11.3 Å². The predicted molar refractivity (Wildman–Crippen MR) is 122 cm³/mol. The largest absolute Gasteiger partial charge is 0.454 e. The lowest BCUT2D eigenvalue weighted by atomic mass is 10.2. The molecule has 6 nitrogen and oxygen atoms in total. The van der Waals surface area contributed by atoms with E-state index in [2.05, 4.69) is 26.2 Å². The first-order valence-corrected chi connectivity index (χ1v) is 10.7. The van der Waals surface area contributed by atoms with Crippen LogP contribution in [0.1, 0.15) is 11.3 Å². The van der Waals surface area contributed by atoms with Gasteiger partial charge in [0.2, 0.25) is 12.7 Å². The molecule has 5 rings (SSSR count). The number of rotatable bonds is 5.